The summed E-state index contributed by atoms with van der Waals surface area (Å²) in [5.74, 6) is 0.582. The molecule has 0 aromatic heterocycles. The van der Waals surface area contributed by atoms with E-state index in [0.29, 0.717) is 12.3 Å². The highest BCUT2D eigenvalue weighted by Crippen LogP contribution is 2.31. The zero-order valence-electron chi connectivity index (χ0n) is 19.6. The van der Waals surface area contributed by atoms with Gasteiger partial charge in [0.05, 0.1) is 24.6 Å². The van der Waals surface area contributed by atoms with Crippen LogP contribution in [0.5, 0.6) is 0 Å². The first-order valence-corrected chi connectivity index (χ1v) is 14.3. The number of allylic oxidation sites excluding steroid dienone is 5. The number of hydrazone groups is 1. The van der Waals surface area contributed by atoms with Gasteiger partial charge in [-0.05, 0) is 72.5 Å². The monoisotopic (exact) mass is 516 g/mol. The van der Waals surface area contributed by atoms with E-state index in [1.165, 1.54) is 14.7 Å². The Morgan fingerprint density at radius 1 is 0.914 bits per heavy atom. The molecule has 0 amide bonds. The van der Waals surface area contributed by atoms with E-state index in [2.05, 4.69) is 66.5 Å². The van der Waals surface area contributed by atoms with Gasteiger partial charge < -0.3 is 5.11 Å². The Morgan fingerprint density at radius 2 is 1.54 bits per heavy atom. The molecular formula is C29H28N2OS3. The smallest absolute Gasteiger partial charge is 0.0830 e. The molecule has 1 aliphatic rings. The quantitative estimate of drug-likeness (QED) is 0.162. The summed E-state index contributed by atoms with van der Waals surface area (Å²) >= 11 is 5.16. The lowest BCUT2D eigenvalue weighted by atomic mass is 10.2. The molecule has 178 valence electrons. The number of hydrogen-bond acceptors (Lipinski definition) is 6. The minimum atomic E-state index is -0.541. The van der Waals surface area contributed by atoms with Crippen LogP contribution in [0.1, 0.15) is 0 Å². The van der Waals surface area contributed by atoms with Gasteiger partial charge in [0, 0.05) is 30.9 Å². The standard InChI is InChI=1S/C29H28N2OS3/c1-22-7-6-8-23(22)19-30-31(24-9-4-3-5-10-24)20-25(32)21-34-27-13-17-29(18-14-27)35-28-15-11-26(33-2)12-16-28/h3-19,25,32H,1,20-21H2,2H3/b30-19+. The predicted molar refractivity (Wildman–Crippen MR) is 154 cm³/mol. The summed E-state index contributed by atoms with van der Waals surface area (Å²) in [6.07, 6.45) is 9.27. The average molecular weight is 517 g/mol. The molecule has 0 saturated carbocycles. The molecule has 35 heavy (non-hydrogen) atoms. The molecule has 3 aromatic rings. The molecule has 3 aromatic carbocycles. The largest absolute Gasteiger partial charge is 0.390 e. The summed E-state index contributed by atoms with van der Waals surface area (Å²) in [6, 6.07) is 27.1. The minimum Gasteiger partial charge on any atom is -0.390 e. The van der Waals surface area contributed by atoms with Crippen molar-refractivity contribution >= 4 is 47.2 Å². The topological polar surface area (TPSA) is 35.8 Å². The Bertz CT molecular complexity index is 1200. The number of nitrogens with zero attached hydrogens (tertiary/aromatic N) is 2. The van der Waals surface area contributed by atoms with Crippen LogP contribution < -0.4 is 5.01 Å². The highest BCUT2D eigenvalue weighted by molar-refractivity contribution is 8.00. The van der Waals surface area contributed by atoms with Crippen molar-refractivity contribution in [2.45, 2.75) is 25.7 Å². The molecule has 1 aliphatic carbocycles. The first-order valence-electron chi connectivity index (χ1n) is 11.3. The van der Waals surface area contributed by atoms with E-state index in [0.717, 1.165) is 21.7 Å². The second kappa shape index (κ2) is 12.9. The van der Waals surface area contributed by atoms with E-state index in [-0.39, 0.29) is 0 Å². The van der Waals surface area contributed by atoms with Crippen molar-refractivity contribution in [3.8, 4) is 0 Å². The number of thioether (sulfide) groups is 2. The predicted octanol–water partition coefficient (Wildman–Crippen LogP) is 7.56. The van der Waals surface area contributed by atoms with E-state index in [4.69, 9.17) is 0 Å². The van der Waals surface area contributed by atoms with Crippen LogP contribution in [0.2, 0.25) is 0 Å². The second-order valence-corrected chi connectivity index (χ2v) is 11.0. The molecule has 0 spiro atoms. The van der Waals surface area contributed by atoms with Gasteiger partial charge in [0.1, 0.15) is 0 Å². The van der Waals surface area contributed by atoms with Crippen molar-refractivity contribution in [3.63, 3.8) is 0 Å². The van der Waals surface area contributed by atoms with Crippen LogP contribution in [0.3, 0.4) is 0 Å². The van der Waals surface area contributed by atoms with Crippen LogP contribution in [0.15, 0.2) is 139 Å². The van der Waals surface area contributed by atoms with Crippen LogP contribution in [-0.2, 0) is 0 Å². The third kappa shape index (κ3) is 7.67. The third-order valence-electron chi connectivity index (χ3n) is 5.28. The molecule has 0 radical (unpaired) electrons. The third-order valence-corrected chi connectivity index (χ3v) is 8.20. The molecule has 6 heteroatoms. The van der Waals surface area contributed by atoms with E-state index in [1.54, 1.807) is 41.5 Å². The van der Waals surface area contributed by atoms with Crippen LogP contribution >= 0.6 is 35.3 Å². The fraction of sp³-hybridized carbons (Fsp3) is 0.138. The number of para-hydroxylation sites is 1. The van der Waals surface area contributed by atoms with E-state index in [1.807, 2.05) is 53.6 Å². The fourth-order valence-electron chi connectivity index (χ4n) is 3.38. The maximum absolute atomic E-state index is 10.8. The lowest BCUT2D eigenvalue weighted by Crippen LogP contribution is -2.30. The van der Waals surface area contributed by atoms with E-state index in [9.17, 15) is 5.11 Å². The molecule has 1 N–H and O–H groups in total. The number of aliphatic hydroxyl groups excluding tert-OH is 1. The van der Waals surface area contributed by atoms with Crippen molar-refractivity contribution in [1.29, 1.82) is 0 Å². The van der Waals surface area contributed by atoms with Gasteiger partial charge in [0.25, 0.3) is 0 Å². The number of anilines is 1. The van der Waals surface area contributed by atoms with Crippen LogP contribution in [-0.4, -0.2) is 36.0 Å². The lowest BCUT2D eigenvalue weighted by molar-refractivity contribution is 0.205. The Hall–Kier alpha value is -2.64. The van der Waals surface area contributed by atoms with Crippen molar-refractivity contribution in [2.75, 3.05) is 23.6 Å². The molecule has 0 bridgehead atoms. The molecule has 3 nitrogen and oxygen atoms in total. The normalized spacial score (nSPS) is 13.9. The Labute approximate surface area is 220 Å². The zero-order valence-corrected chi connectivity index (χ0v) is 22.0. The van der Waals surface area contributed by atoms with Crippen molar-refractivity contribution in [2.24, 2.45) is 5.10 Å². The van der Waals surface area contributed by atoms with Gasteiger partial charge in [-0.15, -0.1) is 23.5 Å². The summed E-state index contributed by atoms with van der Waals surface area (Å²) in [7, 11) is 0. The molecule has 0 fully saturated rings. The highest BCUT2D eigenvalue weighted by atomic mass is 32.2. The Morgan fingerprint density at radius 3 is 2.14 bits per heavy atom. The molecular weight excluding hydrogens is 489 g/mol. The first kappa shape index (κ1) is 25.5. The number of benzene rings is 3. The second-order valence-electron chi connectivity index (χ2n) is 7.88. The number of hydrogen-bond donors (Lipinski definition) is 1. The number of aliphatic hydroxyl groups is 1. The van der Waals surface area contributed by atoms with Gasteiger partial charge in [-0.3, -0.25) is 5.01 Å². The Kier molecular flexibility index (Phi) is 9.37. The maximum atomic E-state index is 10.8. The molecule has 1 atom stereocenters. The molecule has 4 rings (SSSR count). The Balaban J connectivity index is 1.32. The average Bonchev–Trinajstić information content (AvgIpc) is 3.31. The van der Waals surface area contributed by atoms with Crippen molar-refractivity contribution in [3.05, 3.63) is 115 Å². The van der Waals surface area contributed by atoms with E-state index >= 15 is 0 Å². The van der Waals surface area contributed by atoms with Gasteiger partial charge in [0.2, 0.25) is 0 Å². The summed E-state index contributed by atoms with van der Waals surface area (Å²) < 4.78 is 0. The SMILES string of the molecule is C=C1C=CC=C1/C=N/N(CC(O)CSc1ccc(Sc2ccc(SC)cc2)cc1)c1ccccc1. The van der Waals surface area contributed by atoms with Crippen LogP contribution in [0, 0.1) is 0 Å². The van der Waals surface area contributed by atoms with Gasteiger partial charge in [-0.25, -0.2) is 0 Å². The lowest BCUT2D eigenvalue weighted by Gasteiger charge is -2.22. The van der Waals surface area contributed by atoms with Crippen LogP contribution in [0.4, 0.5) is 5.69 Å². The summed E-state index contributed by atoms with van der Waals surface area (Å²) in [6.45, 7) is 4.43. The first-order chi connectivity index (χ1) is 17.1. The van der Waals surface area contributed by atoms with Crippen LogP contribution in [0.25, 0.3) is 0 Å². The zero-order chi connectivity index (χ0) is 24.5. The minimum absolute atomic E-state index is 0.403. The van der Waals surface area contributed by atoms with Gasteiger partial charge in [-0.1, -0.05) is 54.8 Å². The van der Waals surface area contributed by atoms with Crippen molar-refractivity contribution in [1.82, 2.24) is 0 Å². The van der Waals surface area contributed by atoms with E-state index < -0.39 is 6.10 Å². The molecule has 0 heterocycles. The van der Waals surface area contributed by atoms with Crippen molar-refractivity contribution < 1.29 is 5.11 Å². The maximum Gasteiger partial charge on any atom is 0.0830 e. The summed E-state index contributed by atoms with van der Waals surface area (Å²) in [5.41, 5.74) is 2.86. The highest BCUT2D eigenvalue weighted by Gasteiger charge is 2.13. The van der Waals surface area contributed by atoms with Gasteiger partial charge in [0.15, 0.2) is 0 Å². The summed E-state index contributed by atoms with van der Waals surface area (Å²) in [5, 5.41) is 17.3. The molecule has 0 saturated heterocycles. The van der Waals surface area contributed by atoms with Gasteiger partial charge in [-0.2, -0.15) is 5.10 Å². The van der Waals surface area contributed by atoms with Gasteiger partial charge >= 0.3 is 0 Å². The fourth-order valence-corrected chi connectivity index (χ4v) is 5.42. The number of rotatable bonds is 11. The molecule has 0 aliphatic heterocycles. The molecule has 1 unspecified atom stereocenters. The summed E-state index contributed by atoms with van der Waals surface area (Å²) in [4.78, 5) is 4.84.